The van der Waals surface area contributed by atoms with E-state index in [1.807, 2.05) is 12.1 Å². The second-order valence-corrected chi connectivity index (χ2v) is 8.71. The predicted molar refractivity (Wildman–Crippen MR) is 94.3 cm³/mol. The summed E-state index contributed by atoms with van der Waals surface area (Å²) in [6, 6.07) is 4.41. The molecular weight excluding hydrogens is 360 g/mol. The molecule has 0 radical (unpaired) electrons. The Morgan fingerprint density at radius 2 is 2.20 bits per heavy atom. The highest BCUT2D eigenvalue weighted by Crippen LogP contribution is 2.35. The standard InChI is InChI=1S/C16H20N4O3S2/c1-9-13(10-5-7-20(9)8-6-10)17-14(21)11-3-4-12(24-11)25-16-19-18-15(22-2)23-16/h3-4,9-10,13H,5-8H2,1-2H3,(H,17,21). The molecule has 7 nitrogen and oxygen atoms in total. The van der Waals surface area contributed by atoms with Gasteiger partial charge in [-0.1, -0.05) is 10.2 Å². The van der Waals surface area contributed by atoms with Crippen LogP contribution in [0.5, 0.6) is 6.08 Å². The molecule has 2 aromatic heterocycles. The Labute approximate surface area is 154 Å². The van der Waals surface area contributed by atoms with Crippen molar-refractivity contribution in [1.29, 1.82) is 0 Å². The van der Waals surface area contributed by atoms with Crippen LogP contribution < -0.4 is 10.1 Å². The van der Waals surface area contributed by atoms with E-state index in [1.165, 1.54) is 43.1 Å². The van der Waals surface area contributed by atoms with E-state index in [0.29, 0.717) is 22.1 Å². The molecule has 25 heavy (non-hydrogen) atoms. The minimum absolute atomic E-state index is 0.00515. The van der Waals surface area contributed by atoms with Gasteiger partial charge in [0.2, 0.25) is 0 Å². The summed E-state index contributed by atoms with van der Waals surface area (Å²) in [4.78, 5) is 15.8. The number of ether oxygens (including phenoxy) is 1. The van der Waals surface area contributed by atoms with Crippen molar-refractivity contribution >= 4 is 29.0 Å². The van der Waals surface area contributed by atoms with Gasteiger partial charge in [0, 0.05) is 12.1 Å². The highest BCUT2D eigenvalue weighted by molar-refractivity contribution is 8.01. The lowest BCUT2D eigenvalue weighted by Gasteiger charge is -2.49. The topological polar surface area (TPSA) is 80.5 Å². The summed E-state index contributed by atoms with van der Waals surface area (Å²) in [6.45, 7) is 4.53. The number of amides is 1. The molecule has 134 valence electrons. The Hall–Kier alpha value is -1.58. The van der Waals surface area contributed by atoms with Crippen LogP contribution in [0.15, 0.2) is 26.0 Å². The van der Waals surface area contributed by atoms with Gasteiger partial charge in [0.25, 0.3) is 11.1 Å². The lowest BCUT2D eigenvalue weighted by molar-refractivity contribution is 0.0218. The fourth-order valence-corrected chi connectivity index (χ4v) is 5.46. The molecule has 2 aromatic rings. The highest BCUT2D eigenvalue weighted by atomic mass is 32.2. The minimum atomic E-state index is 0.00515. The van der Waals surface area contributed by atoms with E-state index < -0.39 is 0 Å². The van der Waals surface area contributed by atoms with E-state index >= 15 is 0 Å². The molecule has 1 amide bonds. The van der Waals surface area contributed by atoms with E-state index in [2.05, 4.69) is 27.3 Å². The van der Waals surface area contributed by atoms with Gasteiger partial charge in [-0.15, -0.1) is 11.3 Å². The summed E-state index contributed by atoms with van der Waals surface area (Å²) in [5.41, 5.74) is 0. The maximum Gasteiger partial charge on any atom is 0.415 e. The van der Waals surface area contributed by atoms with Gasteiger partial charge in [-0.2, -0.15) is 0 Å². The first-order valence-electron chi connectivity index (χ1n) is 8.34. The number of fused-ring (bicyclic) bond motifs is 3. The zero-order valence-corrected chi connectivity index (χ0v) is 15.7. The molecule has 3 fully saturated rings. The average Bonchev–Trinajstić information content (AvgIpc) is 3.28. The number of nitrogens with zero attached hydrogens (tertiary/aromatic N) is 3. The molecule has 1 N–H and O–H groups in total. The lowest BCUT2D eigenvalue weighted by atomic mass is 9.79. The highest BCUT2D eigenvalue weighted by Gasteiger charge is 2.40. The number of methoxy groups -OCH3 is 1. The van der Waals surface area contributed by atoms with Gasteiger partial charge >= 0.3 is 6.08 Å². The summed E-state index contributed by atoms with van der Waals surface area (Å²) in [5, 5.41) is 11.3. The van der Waals surface area contributed by atoms with Crippen molar-refractivity contribution in [2.24, 2.45) is 5.92 Å². The number of aromatic nitrogens is 2. The van der Waals surface area contributed by atoms with E-state index in [0.717, 1.165) is 17.3 Å². The third-order valence-corrected chi connectivity index (χ3v) is 7.09. The molecule has 9 heteroatoms. The summed E-state index contributed by atoms with van der Waals surface area (Å²) in [5.74, 6) is 0.606. The first-order valence-corrected chi connectivity index (χ1v) is 9.97. The number of carbonyl (C=O) groups is 1. The number of rotatable bonds is 5. The maximum atomic E-state index is 12.7. The molecule has 3 aliphatic heterocycles. The van der Waals surface area contributed by atoms with Gasteiger partial charge in [-0.3, -0.25) is 9.69 Å². The van der Waals surface area contributed by atoms with Crippen LogP contribution in [0.25, 0.3) is 0 Å². The Balaban J connectivity index is 1.40. The van der Waals surface area contributed by atoms with Crippen LogP contribution in [0.2, 0.25) is 0 Å². The zero-order chi connectivity index (χ0) is 17.4. The number of hydrogen-bond donors (Lipinski definition) is 1. The quantitative estimate of drug-likeness (QED) is 0.853. The first kappa shape index (κ1) is 16.9. The van der Waals surface area contributed by atoms with Gasteiger partial charge in [0.1, 0.15) is 0 Å². The molecule has 2 bridgehead atoms. The van der Waals surface area contributed by atoms with Crippen LogP contribution in [0.3, 0.4) is 0 Å². The molecule has 5 rings (SSSR count). The monoisotopic (exact) mass is 380 g/mol. The summed E-state index contributed by atoms with van der Waals surface area (Å²) >= 11 is 2.76. The molecule has 2 unspecified atom stereocenters. The fraction of sp³-hybridized carbons (Fsp3) is 0.562. The fourth-order valence-electron chi connectivity index (χ4n) is 3.67. The van der Waals surface area contributed by atoms with Crippen molar-refractivity contribution in [3.05, 3.63) is 17.0 Å². The third-order valence-electron chi connectivity index (χ3n) is 5.03. The molecule has 3 aliphatic rings. The zero-order valence-electron chi connectivity index (χ0n) is 14.1. The number of thiophene rings is 1. The summed E-state index contributed by atoms with van der Waals surface area (Å²) < 4.78 is 11.1. The van der Waals surface area contributed by atoms with Gasteiger partial charge in [0.15, 0.2) is 0 Å². The SMILES string of the molecule is COc1nnc(Sc2ccc(C(=O)NC3C4CCN(CC4)C3C)s2)o1. The normalized spacial score (nSPS) is 28.1. The third kappa shape index (κ3) is 3.40. The van der Waals surface area contributed by atoms with Crippen molar-refractivity contribution in [1.82, 2.24) is 20.4 Å². The van der Waals surface area contributed by atoms with Crippen LogP contribution in [-0.2, 0) is 0 Å². The largest absolute Gasteiger partial charge is 0.452 e. The maximum absolute atomic E-state index is 12.7. The van der Waals surface area contributed by atoms with Crippen LogP contribution >= 0.6 is 23.1 Å². The molecular formula is C16H20N4O3S2. The molecule has 0 saturated carbocycles. The van der Waals surface area contributed by atoms with E-state index in [-0.39, 0.29) is 18.0 Å². The molecule has 5 heterocycles. The Bertz CT molecular complexity index is 752. The smallest absolute Gasteiger partial charge is 0.415 e. The van der Waals surface area contributed by atoms with Crippen LogP contribution in [-0.4, -0.2) is 53.3 Å². The first-order chi connectivity index (χ1) is 12.1. The Kier molecular flexibility index (Phi) is 4.70. The number of piperidine rings is 3. The molecule has 2 atom stereocenters. The number of hydrogen-bond acceptors (Lipinski definition) is 8. The van der Waals surface area contributed by atoms with E-state index in [1.54, 1.807) is 0 Å². The van der Waals surface area contributed by atoms with Crippen molar-refractivity contribution < 1.29 is 13.9 Å². The van der Waals surface area contributed by atoms with Gasteiger partial charge in [-0.25, -0.2) is 0 Å². The molecule has 0 aliphatic carbocycles. The second-order valence-electron chi connectivity index (χ2n) is 6.37. The van der Waals surface area contributed by atoms with Crippen molar-refractivity contribution in [2.45, 2.75) is 41.3 Å². The minimum Gasteiger partial charge on any atom is -0.452 e. The van der Waals surface area contributed by atoms with Crippen LogP contribution in [0.1, 0.15) is 29.4 Å². The van der Waals surface area contributed by atoms with Gasteiger partial charge in [-0.05, 0) is 62.7 Å². The average molecular weight is 380 g/mol. The van der Waals surface area contributed by atoms with Crippen LogP contribution in [0, 0.1) is 5.92 Å². The molecule has 3 saturated heterocycles. The molecule has 0 spiro atoms. The van der Waals surface area contributed by atoms with Crippen LogP contribution in [0.4, 0.5) is 0 Å². The predicted octanol–water partition coefficient (Wildman–Crippen LogP) is 2.50. The second kappa shape index (κ2) is 6.97. The Morgan fingerprint density at radius 3 is 2.88 bits per heavy atom. The van der Waals surface area contributed by atoms with Crippen molar-refractivity contribution in [3.8, 4) is 6.08 Å². The summed E-state index contributed by atoms with van der Waals surface area (Å²) in [6.07, 6.45) is 2.49. The van der Waals surface area contributed by atoms with E-state index in [9.17, 15) is 4.79 Å². The summed E-state index contributed by atoms with van der Waals surface area (Å²) in [7, 11) is 1.48. The Morgan fingerprint density at radius 1 is 1.40 bits per heavy atom. The van der Waals surface area contributed by atoms with Gasteiger partial charge in [0.05, 0.1) is 16.2 Å². The number of nitrogens with one attached hydrogen (secondary N) is 1. The van der Waals surface area contributed by atoms with Crippen molar-refractivity contribution in [2.75, 3.05) is 20.2 Å². The lowest BCUT2D eigenvalue weighted by Crippen LogP contribution is -2.62. The van der Waals surface area contributed by atoms with Crippen molar-refractivity contribution in [3.63, 3.8) is 0 Å². The number of carbonyl (C=O) groups excluding carboxylic acids is 1. The van der Waals surface area contributed by atoms with E-state index in [4.69, 9.17) is 9.15 Å². The van der Waals surface area contributed by atoms with Gasteiger partial charge < -0.3 is 14.5 Å². The molecule has 0 aromatic carbocycles.